The topological polar surface area (TPSA) is 116 Å². The van der Waals surface area contributed by atoms with E-state index < -0.39 is 9.85 Å². The number of benzene rings is 1. The van der Waals surface area contributed by atoms with Crippen molar-refractivity contribution in [2.45, 2.75) is 27.2 Å². The molecule has 1 aromatic rings. The number of nitro groups is 2. The zero-order chi connectivity index (χ0) is 16.2. The second kappa shape index (κ2) is 6.98. The van der Waals surface area contributed by atoms with Gasteiger partial charge in [0.1, 0.15) is 0 Å². The number of rotatable bonds is 7. The predicted octanol–water partition coefficient (Wildman–Crippen LogP) is 2.16. The van der Waals surface area contributed by atoms with Gasteiger partial charge in [-0.15, -0.1) is 0 Å². The second-order valence-electron chi connectivity index (χ2n) is 4.61. The van der Waals surface area contributed by atoms with Crippen LogP contribution in [0.2, 0.25) is 0 Å². The standard InChI is InChI=1S/C13H20N4O4/c1-4-15(5-2)13-11(16(18)19)8-9(3)10(6-7-14)12(13)17(20)21/h8H,4-7,14H2,1-3H3. The van der Waals surface area contributed by atoms with Gasteiger partial charge in [-0.25, -0.2) is 0 Å². The highest BCUT2D eigenvalue weighted by Gasteiger charge is 2.33. The third-order valence-electron chi connectivity index (χ3n) is 3.44. The molecule has 0 aliphatic heterocycles. The van der Waals surface area contributed by atoms with Crippen LogP contribution < -0.4 is 10.6 Å². The van der Waals surface area contributed by atoms with Crippen molar-refractivity contribution < 1.29 is 9.85 Å². The number of hydrogen-bond donors (Lipinski definition) is 1. The summed E-state index contributed by atoms with van der Waals surface area (Å²) >= 11 is 0. The summed E-state index contributed by atoms with van der Waals surface area (Å²) in [6.45, 7) is 6.39. The summed E-state index contributed by atoms with van der Waals surface area (Å²) in [7, 11) is 0. The number of nitrogens with zero attached hydrogens (tertiary/aromatic N) is 3. The molecule has 0 saturated heterocycles. The number of nitrogens with two attached hydrogens (primary N) is 1. The van der Waals surface area contributed by atoms with Crippen LogP contribution in [0.15, 0.2) is 6.07 Å². The highest BCUT2D eigenvalue weighted by atomic mass is 16.6. The molecule has 0 heterocycles. The van der Waals surface area contributed by atoms with Gasteiger partial charge in [0.25, 0.3) is 5.69 Å². The molecule has 0 aliphatic carbocycles. The molecule has 0 amide bonds. The van der Waals surface area contributed by atoms with Gasteiger partial charge in [0.2, 0.25) is 0 Å². The van der Waals surface area contributed by atoms with Crippen LogP contribution in [0.3, 0.4) is 0 Å². The van der Waals surface area contributed by atoms with E-state index in [0.717, 1.165) is 0 Å². The largest absolute Gasteiger partial charge is 0.361 e. The zero-order valence-corrected chi connectivity index (χ0v) is 12.5. The Kier molecular flexibility index (Phi) is 5.60. The Morgan fingerprint density at radius 3 is 2.14 bits per heavy atom. The Bertz CT molecular complexity index is 556. The van der Waals surface area contributed by atoms with E-state index in [2.05, 4.69) is 0 Å². The first-order valence-electron chi connectivity index (χ1n) is 6.79. The average molecular weight is 296 g/mol. The number of hydrogen-bond acceptors (Lipinski definition) is 6. The lowest BCUT2D eigenvalue weighted by Crippen LogP contribution is -2.25. The maximum atomic E-state index is 11.5. The number of nitro benzene ring substituents is 2. The fourth-order valence-corrected chi connectivity index (χ4v) is 2.46. The molecule has 0 unspecified atom stereocenters. The molecular weight excluding hydrogens is 276 g/mol. The van der Waals surface area contributed by atoms with Gasteiger partial charge in [-0.3, -0.25) is 20.2 Å². The lowest BCUT2D eigenvalue weighted by molar-refractivity contribution is -0.393. The van der Waals surface area contributed by atoms with Crippen LogP contribution >= 0.6 is 0 Å². The molecule has 8 nitrogen and oxygen atoms in total. The third kappa shape index (κ3) is 3.27. The highest BCUT2D eigenvalue weighted by Crippen LogP contribution is 2.42. The summed E-state index contributed by atoms with van der Waals surface area (Å²) in [4.78, 5) is 23.3. The van der Waals surface area contributed by atoms with Crippen molar-refractivity contribution >= 4 is 17.1 Å². The maximum absolute atomic E-state index is 11.5. The van der Waals surface area contributed by atoms with Crippen LogP contribution in [-0.4, -0.2) is 29.5 Å². The van der Waals surface area contributed by atoms with Gasteiger partial charge in [-0.1, -0.05) is 0 Å². The van der Waals surface area contributed by atoms with Crippen LogP contribution in [-0.2, 0) is 6.42 Å². The monoisotopic (exact) mass is 296 g/mol. The van der Waals surface area contributed by atoms with E-state index in [-0.39, 0.29) is 23.6 Å². The van der Waals surface area contributed by atoms with Crippen LogP contribution in [0, 0.1) is 27.2 Å². The Labute approximate surface area is 122 Å². The van der Waals surface area contributed by atoms with Crippen LogP contribution in [0.1, 0.15) is 25.0 Å². The van der Waals surface area contributed by atoms with Gasteiger partial charge in [-0.05, 0) is 39.3 Å². The molecule has 0 radical (unpaired) electrons. The molecule has 0 fully saturated rings. The fourth-order valence-electron chi connectivity index (χ4n) is 2.46. The maximum Gasteiger partial charge on any atom is 0.303 e. The van der Waals surface area contributed by atoms with E-state index in [0.29, 0.717) is 30.6 Å². The van der Waals surface area contributed by atoms with Gasteiger partial charge < -0.3 is 10.6 Å². The first-order chi connectivity index (χ1) is 9.88. The quantitative estimate of drug-likeness (QED) is 0.608. The van der Waals surface area contributed by atoms with Crippen molar-refractivity contribution in [1.29, 1.82) is 0 Å². The second-order valence-corrected chi connectivity index (χ2v) is 4.61. The zero-order valence-electron chi connectivity index (χ0n) is 12.5. The predicted molar refractivity (Wildman–Crippen MR) is 80.8 cm³/mol. The molecule has 0 atom stereocenters. The Hall–Kier alpha value is -2.22. The molecular formula is C13H20N4O4. The van der Waals surface area contributed by atoms with Crippen molar-refractivity contribution in [2.75, 3.05) is 24.5 Å². The lowest BCUT2D eigenvalue weighted by atomic mass is 9.99. The summed E-state index contributed by atoms with van der Waals surface area (Å²) in [5.41, 5.74) is 6.15. The minimum Gasteiger partial charge on any atom is -0.361 e. The molecule has 0 bridgehead atoms. The molecule has 8 heteroatoms. The molecule has 0 spiro atoms. The Balaban J connectivity index is 3.79. The molecule has 2 N–H and O–H groups in total. The van der Waals surface area contributed by atoms with Gasteiger partial charge in [0.05, 0.1) is 9.85 Å². The van der Waals surface area contributed by atoms with E-state index in [1.54, 1.807) is 25.7 Å². The van der Waals surface area contributed by atoms with Crippen LogP contribution in [0.4, 0.5) is 17.1 Å². The lowest BCUT2D eigenvalue weighted by Gasteiger charge is -2.22. The van der Waals surface area contributed by atoms with Crippen LogP contribution in [0.5, 0.6) is 0 Å². The first kappa shape index (κ1) is 16.8. The normalized spacial score (nSPS) is 10.5. The van der Waals surface area contributed by atoms with E-state index in [4.69, 9.17) is 5.73 Å². The molecule has 0 aromatic heterocycles. The summed E-state index contributed by atoms with van der Waals surface area (Å²) < 4.78 is 0. The number of anilines is 1. The van der Waals surface area contributed by atoms with Crippen molar-refractivity contribution in [1.82, 2.24) is 0 Å². The molecule has 116 valence electrons. The first-order valence-corrected chi connectivity index (χ1v) is 6.79. The van der Waals surface area contributed by atoms with E-state index in [1.807, 2.05) is 0 Å². The molecule has 1 aromatic carbocycles. The summed E-state index contributed by atoms with van der Waals surface area (Å²) in [5.74, 6) is 0. The van der Waals surface area contributed by atoms with Crippen molar-refractivity contribution in [3.8, 4) is 0 Å². The van der Waals surface area contributed by atoms with E-state index >= 15 is 0 Å². The van der Waals surface area contributed by atoms with Gasteiger partial charge in [-0.2, -0.15) is 0 Å². The summed E-state index contributed by atoms with van der Waals surface area (Å²) in [6.07, 6.45) is 0.314. The molecule has 21 heavy (non-hydrogen) atoms. The summed E-state index contributed by atoms with van der Waals surface area (Å²) in [6, 6.07) is 1.39. The Morgan fingerprint density at radius 1 is 1.19 bits per heavy atom. The van der Waals surface area contributed by atoms with Crippen molar-refractivity contribution in [2.24, 2.45) is 5.73 Å². The Morgan fingerprint density at radius 2 is 1.76 bits per heavy atom. The van der Waals surface area contributed by atoms with Gasteiger partial charge in [0.15, 0.2) is 5.69 Å². The average Bonchev–Trinajstić information content (AvgIpc) is 2.42. The summed E-state index contributed by atoms with van der Waals surface area (Å²) in [5, 5.41) is 22.8. The molecule has 0 aliphatic rings. The smallest absolute Gasteiger partial charge is 0.303 e. The highest BCUT2D eigenvalue weighted by molar-refractivity contribution is 5.79. The van der Waals surface area contributed by atoms with E-state index in [1.165, 1.54) is 6.07 Å². The van der Waals surface area contributed by atoms with Gasteiger partial charge >= 0.3 is 5.69 Å². The van der Waals surface area contributed by atoms with Crippen LogP contribution in [0.25, 0.3) is 0 Å². The molecule has 1 rings (SSSR count). The minimum atomic E-state index is -0.570. The van der Waals surface area contributed by atoms with Crippen molar-refractivity contribution in [3.05, 3.63) is 37.4 Å². The molecule has 0 saturated carbocycles. The third-order valence-corrected chi connectivity index (χ3v) is 3.44. The number of aryl methyl sites for hydroxylation is 1. The van der Waals surface area contributed by atoms with Crippen molar-refractivity contribution in [3.63, 3.8) is 0 Å². The minimum absolute atomic E-state index is 0.0732. The SMILES string of the molecule is CCN(CC)c1c([N+](=O)[O-])cc(C)c(CCN)c1[N+](=O)[O-]. The van der Waals surface area contributed by atoms with Gasteiger partial charge in [0, 0.05) is 24.7 Å². The fraction of sp³-hybridized carbons (Fsp3) is 0.538. The van der Waals surface area contributed by atoms with E-state index in [9.17, 15) is 20.2 Å².